The number of aryl methyl sites for hydroxylation is 2. The molecule has 24 heavy (non-hydrogen) atoms. The molecule has 0 atom stereocenters. The van der Waals surface area contributed by atoms with Gasteiger partial charge in [0.05, 0.1) is 11.4 Å². The predicted molar refractivity (Wildman–Crippen MR) is 95.2 cm³/mol. The van der Waals surface area contributed by atoms with Crippen LogP contribution in [0.4, 0.5) is 10.5 Å². The second-order valence-electron chi connectivity index (χ2n) is 7.63. The van der Waals surface area contributed by atoms with Crippen LogP contribution in [0, 0.1) is 13.8 Å². The molecule has 1 aliphatic carbocycles. The van der Waals surface area contributed by atoms with E-state index in [4.69, 9.17) is 10.5 Å². The SMILES string of the molecule is Cc1ccc(-c2nn(C(=O)OC(C)(C)C)c(C3CC3)c2N)c(C)c1. The summed E-state index contributed by atoms with van der Waals surface area (Å²) in [4.78, 5) is 12.6. The lowest BCUT2D eigenvalue weighted by atomic mass is 10.0. The zero-order chi connectivity index (χ0) is 17.6. The summed E-state index contributed by atoms with van der Waals surface area (Å²) in [5.41, 5.74) is 11.1. The molecule has 0 saturated heterocycles. The Morgan fingerprint density at radius 1 is 1.29 bits per heavy atom. The number of anilines is 1. The lowest BCUT2D eigenvalue weighted by Crippen LogP contribution is -2.28. The first kappa shape index (κ1) is 16.6. The molecule has 2 N–H and O–H groups in total. The van der Waals surface area contributed by atoms with Crippen molar-refractivity contribution in [3.05, 3.63) is 35.0 Å². The summed E-state index contributed by atoms with van der Waals surface area (Å²) in [7, 11) is 0. The highest BCUT2D eigenvalue weighted by molar-refractivity contribution is 5.82. The van der Waals surface area contributed by atoms with Crippen molar-refractivity contribution in [1.82, 2.24) is 9.78 Å². The van der Waals surface area contributed by atoms with Crippen LogP contribution in [0.15, 0.2) is 18.2 Å². The molecule has 0 unspecified atom stereocenters. The second-order valence-corrected chi connectivity index (χ2v) is 7.63. The Morgan fingerprint density at radius 3 is 2.50 bits per heavy atom. The van der Waals surface area contributed by atoms with E-state index in [1.807, 2.05) is 39.8 Å². The van der Waals surface area contributed by atoms with E-state index >= 15 is 0 Å². The Balaban J connectivity index is 2.09. The molecule has 3 rings (SSSR count). The Hall–Kier alpha value is -2.30. The molecule has 1 saturated carbocycles. The number of aromatic nitrogens is 2. The quantitative estimate of drug-likeness (QED) is 0.887. The molecule has 2 aromatic rings. The lowest BCUT2D eigenvalue weighted by molar-refractivity contribution is 0.0510. The van der Waals surface area contributed by atoms with Crippen molar-refractivity contribution in [1.29, 1.82) is 0 Å². The van der Waals surface area contributed by atoms with Crippen LogP contribution >= 0.6 is 0 Å². The van der Waals surface area contributed by atoms with Gasteiger partial charge in [0.15, 0.2) is 0 Å². The van der Waals surface area contributed by atoms with Crippen molar-refractivity contribution in [3.63, 3.8) is 0 Å². The van der Waals surface area contributed by atoms with E-state index in [1.54, 1.807) is 0 Å². The van der Waals surface area contributed by atoms with E-state index in [0.717, 1.165) is 29.7 Å². The van der Waals surface area contributed by atoms with Gasteiger partial charge in [-0.2, -0.15) is 9.78 Å². The molecule has 1 fully saturated rings. The van der Waals surface area contributed by atoms with Gasteiger partial charge in [-0.15, -0.1) is 0 Å². The molecular weight excluding hydrogens is 302 g/mol. The zero-order valence-corrected chi connectivity index (χ0v) is 15.0. The minimum Gasteiger partial charge on any atom is -0.442 e. The van der Waals surface area contributed by atoms with E-state index in [9.17, 15) is 4.79 Å². The summed E-state index contributed by atoms with van der Waals surface area (Å²) in [6.45, 7) is 9.62. The molecule has 1 aromatic carbocycles. The van der Waals surface area contributed by atoms with Gasteiger partial charge in [0.2, 0.25) is 0 Å². The van der Waals surface area contributed by atoms with Crippen molar-refractivity contribution < 1.29 is 9.53 Å². The zero-order valence-electron chi connectivity index (χ0n) is 15.0. The fraction of sp³-hybridized carbons (Fsp3) is 0.474. The third kappa shape index (κ3) is 3.16. The van der Waals surface area contributed by atoms with Crippen molar-refractivity contribution >= 4 is 11.8 Å². The fourth-order valence-electron chi connectivity index (χ4n) is 2.92. The molecule has 0 spiro atoms. The van der Waals surface area contributed by atoms with Gasteiger partial charge < -0.3 is 10.5 Å². The molecule has 5 nitrogen and oxygen atoms in total. The normalized spacial score (nSPS) is 14.7. The van der Waals surface area contributed by atoms with Gasteiger partial charge in [0.25, 0.3) is 0 Å². The van der Waals surface area contributed by atoms with Crippen LogP contribution in [-0.2, 0) is 4.74 Å². The van der Waals surface area contributed by atoms with Gasteiger partial charge in [0.1, 0.15) is 11.3 Å². The molecule has 0 aliphatic heterocycles. The molecular formula is C19H25N3O2. The van der Waals surface area contributed by atoms with Gasteiger partial charge >= 0.3 is 6.09 Å². The molecule has 1 heterocycles. The topological polar surface area (TPSA) is 70.1 Å². The van der Waals surface area contributed by atoms with Crippen molar-refractivity contribution in [3.8, 4) is 11.3 Å². The molecule has 5 heteroatoms. The van der Waals surface area contributed by atoms with Crippen LogP contribution in [0.2, 0.25) is 0 Å². The number of nitrogen functional groups attached to an aromatic ring is 1. The van der Waals surface area contributed by atoms with E-state index in [2.05, 4.69) is 18.1 Å². The summed E-state index contributed by atoms with van der Waals surface area (Å²) in [5.74, 6) is 0.296. The molecule has 128 valence electrons. The van der Waals surface area contributed by atoms with Crippen LogP contribution < -0.4 is 5.73 Å². The van der Waals surface area contributed by atoms with E-state index in [0.29, 0.717) is 17.3 Å². The minimum atomic E-state index is -0.571. The van der Waals surface area contributed by atoms with Gasteiger partial charge in [-0.05, 0) is 53.0 Å². The standard InChI is InChI=1S/C19H25N3O2/c1-11-6-9-14(12(2)10-11)16-15(20)17(13-7-8-13)22(21-16)18(23)24-19(3,4)5/h6,9-10,13H,7-8,20H2,1-5H3. The smallest absolute Gasteiger partial charge is 0.435 e. The average molecular weight is 327 g/mol. The van der Waals surface area contributed by atoms with Crippen LogP contribution in [-0.4, -0.2) is 21.5 Å². The van der Waals surface area contributed by atoms with Crippen LogP contribution in [0.1, 0.15) is 56.4 Å². The van der Waals surface area contributed by atoms with E-state index in [1.165, 1.54) is 10.2 Å². The molecule has 0 bridgehead atoms. The summed E-state index contributed by atoms with van der Waals surface area (Å²) in [5, 5.41) is 4.53. The number of hydrogen-bond donors (Lipinski definition) is 1. The molecule has 0 radical (unpaired) electrons. The second kappa shape index (κ2) is 5.65. The predicted octanol–water partition coefficient (Wildman–Crippen LogP) is 4.41. The molecule has 1 aromatic heterocycles. The third-order valence-electron chi connectivity index (χ3n) is 4.13. The summed E-state index contributed by atoms with van der Waals surface area (Å²) < 4.78 is 6.87. The number of benzene rings is 1. The van der Waals surface area contributed by atoms with Crippen LogP contribution in [0.25, 0.3) is 11.3 Å². The minimum absolute atomic E-state index is 0.296. The lowest BCUT2D eigenvalue weighted by Gasteiger charge is -2.19. The van der Waals surface area contributed by atoms with Crippen molar-refractivity contribution in [2.24, 2.45) is 0 Å². The number of nitrogens with zero attached hydrogens (tertiary/aromatic N) is 2. The van der Waals surface area contributed by atoms with Gasteiger partial charge in [-0.3, -0.25) is 0 Å². The van der Waals surface area contributed by atoms with Gasteiger partial charge in [-0.1, -0.05) is 23.8 Å². The number of carbonyl (C=O) groups excluding carboxylic acids is 1. The van der Waals surface area contributed by atoms with Crippen LogP contribution in [0.3, 0.4) is 0 Å². The fourth-order valence-corrected chi connectivity index (χ4v) is 2.92. The maximum absolute atomic E-state index is 12.6. The largest absolute Gasteiger partial charge is 0.442 e. The van der Waals surface area contributed by atoms with E-state index < -0.39 is 11.7 Å². The Kier molecular flexibility index (Phi) is 3.90. The monoisotopic (exact) mass is 327 g/mol. The number of ether oxygens (including phenoxy) is 1. The summed E-state index contributed by atoms with van der Waals surface area (Å²) in [6, 6.07) is 6.14. The summed E-state index contributed by atoms with van der Waals surface area (Å²) >= 11 is 0. The van der Waals surface area contributed by atoms with Crippen LogP contribution in [0.5, 0.6) is 0 Å². The van der Waals surface area contributed by atoms with Crippen molar-refractivity contribution in [2.75, 3.05) is 5.73 Å². The van der Waals surface area contributed by atoms with E-state index in [-0.39, 0.29) is 0 Å². The number of hydrogen-bond acceptors (Lipinski definition) is 4. The number of nitrogens with two attached hydrogens (primary N) is 1. The summed E-state index contributed by atoms with van der Waals surface area (Å²) in [6.07, 6.45) is 1.60. The first-order chi connectivity index (χ1) is 11.2. The maximum Gasteiger partial charge on any atom is 0.435 e. The highest BCUT2D eigenvalue weighted by Gasteiger charge is 2.35. The Bertz CT molecular complexity index is 796. The Labute approximate surface area is 142 Å². The first-order valence-electron chi connectivity index (χ1n) is 8.37. The molecule has 0 amide bonds. The maximum atomic E-state index is 12.6. The number of carbonyl (C=O) groups is 1. The highest BCUT2D eigenvalue weighted by atomic mass is 16.6. The third-order valence-corrected chi connectivity index (χ3v) is 4.13. The molecule has 1 aliphatic rings. The highest BCUT2D eigenvalue weighted by Crippen LogP contribution is 2.45. The van der Waals surface area contributed by atoms with Gasteiger partial charge in [-0.25, -0.2) is 4.79 Å². The van der Waals surface area contributed by atoms with Crippen molar-refractivity contribution in [2.45, 2.75) is 59.0 Å². The van der Waals surface area contributed by atoms with Gasteiger partial charge in [0, 0.05) is 11.5 Å². The average Bonchev–Trinajstić information content (AvgIpc) is 3.21. The first-order valence-corrected chi connectivity index (χ1v) is 8.37. The Morgan fingerprint density at radius 2 is 1.96 bits per heavy atom. The number of rotatable bonds is 2.